The van der Waals surface area contributed by atoms with Crippen LogP contribution in [0.25, 0.3) is 21.5 Å². The second-order valence-electron chi connectivity index (χ2n) is 3.73. The highest BCUT2D eigenvalue weighted by Crippen LogP contribution is 2.28. The molecule has 0 unspecified atom stereocenters. The molecule has 80 valence electrons. The molecular formula is C11H10N4S. The van der Waals surface area contributed by atoms with Gasteiger partial charge in [0.15, 0.2) is 0 Å². The molecule has 0 spiro atoms. The molecule has 0 saturated carbocycles. The highest BCUT2D eigenvalue weighted by molar-refractivity contribution is 7.17. The summed E-state index contributed by atoms with van der Waals surface area (Å²) in [4.78, 5) is 1.47. The number of benzene rings is 1. The molecule has 0 fully saturated rings. The maximum atomic E-state index is 4.20. The third-order valence-corrected chi connectivity index (χ3v) is 3.61. The van der Waals surface area contributed by atoms with Gasteiger partial charge in [-0.3, -0.25) is 0 Å². The maximum absolute atomic E-state index is 4.20. The van der Waals surface area contributed by atoms with Gasteiger partial charge in [-0.2, -0.15) is 4.80 Å². The van der Waals surface area contributed by atoms with Crippen molar-refractivity contribution >= 4 is 21.4 Å². The number of hydrogen-bond acceptors (Lipinski definition) is 4. The molecule has 0 aliphatic carbocycles. The minimum absolute atomic E-state index is 0.676. The highest BCUT2D eigenvalue weighted by atomic mass is 32.1. The van der Waals surface area contributed by atoms with Gasteiger partial charge < -0.3 is 0 Å². The highest BCUT2D eigenvalue weighted by Gasteiger charge is 2.07. The summed E-state index contributed by atoms with van der Waals surface area (Å²) in [5.74, 6) is 0.676. The van der Waals surface area contributed by atoms with Crippen molar-refractivity contribution in [3.63, 3.8) is 0 Å². The largest absolute Gasteiger partial charge is 0.204 e. The van der Waals surface area contributed by atoms with Crippen LogP contribution in [-0.2, 0) is 7.05 Å². The molecule has 5 heteroatoms. The first-order valence-electron chi connectivity index (χ1n) is 4.96. The molecule has 0 bridgehead atoms. The topological polar surface area (TPSA) is 43.6 Å². The van der Waals surface area contributed by atoms with Crippen LogP contribution < -0.4 is 0 Å². The summed E-state index contributed by atoms with van der Waals surface area (Å²) in [7, 11) is 1.77. The van der Waals surface area contributed by atoms with E-state index >= 15 is 0 Å². The Balaban J connectivity index is 2.21. The van der Waals surface area contributed by atoms with Crippen LogP contribution in [0, 0.1) is 6.92 Å². The summed E-state index contributed by atoms with van der Waals surface area (Å²) in [6.07, 6.45) is 0. The Labute approximate surface area is 96.5 Å². The summed E-state index contributed by atoms with van der Waals surface area (Å²) < 4.78 is 1.30. The first-order chi connectivity index (χ1) is 7.74. The van der Waals surface area contributed by atoms with Gasteiger partial charge in [-0.1, -0.05) is 0 Å². The van der Waals surface area contributed by atoms with Crippen LogP contribution in [-0.4, -0.2) is 20.2 Å². The van der Waals surface area contributed by atoms with E-state index in [-0.39, 0.29) is 0 Å². The molecule has 3 rings (SSSR count). The first-order valence-corrected chi connectivity index (χ1v) is 5.84. The third kappa shape index (κ3) is 1.40. The van der Waals surface area contributed by atoms with Gasteiger partial charge in [0.2, 0.25) is 5.82 Å². The van der Waals surface area contributed by atoms with Crippen LogP contribution in [0.2, 0.25) is 0 Å². The van der Waals surface area contributed by atoms with Crippen molar-refractivity contribution in [2.75, 3.05) is 0 Å². The van der Waals surface area contributed by atoms with Crippen molar-refractivity contribution in [3.8, 4) is 11.4 Å². The summed E-state index contributed by atoms with van der Waals surface area (Å²) >= 11 is 1.76. The molecule has 0 aliphatic heterocycles. The second kappa shape index (κ2) is 3.38. The Morgan fingerprint density at radius 1 is 1.31 bits per heavy atom. The lowest BCUT2D eigenvalue weighted by atomic mass is 10.1. The van der Waals surface area contributed by atoms with Gasteiger partial charge >= 0.3 is 0 Å². The van der Waals surface area contributed by atoms with Crippen molar-refractivity contribution < 1.29 is 0 Å². The molecule has 4 nitrogen and oxygen atoms in total. The van der Waals surface area contributed by atoms with Gasteiger partial charge in [0.25, 0.3) is 0 Å². The molecule has 0 saturated heterocycles. The lowest BCUT2D eigenvalue weighted by Crippen LogP contribution is -1.91. The lowest BCUT2D eigenvalue weighted by Gasteiger charge is -1.96. The number of aromatic nitrogens is 4. The number of rotatable bonds is 1. The number of aryl methyl sites for hydroxylation is 2. The van der Waals surface area contributed by atoms with E-state index in [9.17, 15) is 0 Å². The van der Waals surface area contributed by atoms with Crippen LogP contribution in [0.3, 0.4) is 0 Å². The fourth-order valence-electron chi connectivity index (χ4n) is 1.69. The zero-order valence-corrected chi connectivity index (χ0v) is 9.82. The zero-order valence-electron chi connectivity index (χ0n) is 9.01. The van der Waals surface area contributed by atoms with E-state index < -0.39 is 0 Å². The van der Waals surface area contributed by atoms with Crippen molar-refractivity contribution in [1.29, 1.82) is 0 Å². The molecule has 0 aliphatic rings. The molecular weight excluding hydrogens is 220 g/mol. The van der Waals surface area contributed by atoms with Gasteiger partial charge in [0.1, 0.15) is 0 Å². The van der Waals surface area contributed by atoms with Crippen molar-refractivity contribution in [1.82, 2.24) is 20.2 Å². The van der Waals surface area contributed by atoms with Crippen LogP contribution in [0.5, 0.6) is 0 Å². The summed E-state index contributed by atoms with van der Waals surface area (Å²) in [5.41, 5.74) is 2.31. The Kier molecular flexibility index (Phi) is 2.00. The molecule has 1 aromatic carbocycles. The quantitative estimate of drug-likeness (QED) is 0.644. The summed E-state index contributed by atoms with van der Waals surface area (Å²) in [5, 5.41) is 15.5. The molecule has 2 heterocycles. The third-order valence-electron chi connectivity index (χ3n) is 2.53. The fourth-order valence-corrected chi connectivity index (χ4v) is 2.62. The van der Waals surface area contributed by atoms with Crippen LogP contribution in [0.1, 0.15) is 5.56 Å². The predicted molar refractivity (Wildman–Crippen MR) is 64.4 cm³/mol. The van der Waals surface area contributed by atoms with Gasteiger partial charge in [-0.15, -0.1) is 21.5 Å². The molecule has 0 amide bonds. The molecule has 2 aromatic heterocycles. The Hall–Kier alpha value is -1.75. The first kappa shape index (κ1) is 9.47. The van der Waals surface area contributed by atoms with E-state index in [0.717, 1.165) is 5.56 Å². The van der Waals surface area contributed by atoms with Gasteiger partial charge in [-0.25, -0.2) is 0 Å². The Morgan fingerprint density at radius 3 is 2.94 bits per heavy atom. The van der Waals surface area contributed by atoms with E-state index in [4.69, 9.17) is 0 Å². The van der Waals surface area contributed by atoms with Crippen molar-refractivity contribution in [2.24, 2.45) is 7.05 Å². The number of nitrogens with zero attached hydrogens (tertiary/aromatic N) is 4. The van der Waals surface area contributed by atoms with Crippen LogP contribution >= 0.6 is 11.3 Å². The minimum Gasteiger partial charge on any atom is -0.167 e. The maximum Gasteiger partial charge on any atom is 0.204 e. The monoisotopic (exact) mass is 230 g/mol. The van der Waals surface area contributed by atoms with Crippen LogP contribution in [0.15, 0.2) is 23.6 Å². The second-order valence-corrected chi connectivity index (χ2v) is 4.64. The van der Waals surface area contributed by atoms with Gasteiger partial charge in [0, 0.05) is 10.3 Å². The SMILES string of the molecule is Cc1csc2ccc(-c3nnn(C)n3)cc12. The van der Waals surface area contributed by atoms with Crippen molar-refractivity contribution in [2.45, 2.75) is 6.92 Å². The van der Waals surface area contributed by atoms with Gasteiger partial charge in [0.05, 0.1) is 7.05 Å². The predicted octanol–water partition coefficient (Wildman–Crippen LogP) is 2.40. The lowest BCUT2D eigenvalue weighted by molar-refractivity contribution is 0.630. The number of tetrazole rings is 1. The van der Waals surface area contributed by atoms with Gasteiger partial charge in [-0.05, 0) is 46.7 Å². The number of thiophene rings is 1. The molecule has 3 aromatic rings. The number of fused-ring (bicyclic) bond motifs is 1. The summed E-state index contributed by atoms with van der Waals surface area (Å²) in [6, 6.07) is 6.27. The van der Waals surface area contributed by atoms with E-state index in [1.54, 1.807) is 18.4 Å². The normalized spacial score (nSPS) is 11.1. The minimum atomic E-state index is 0.676. The average molecular weight is 230 g/mol. The fraction of sp³-hybridized carbons (Fsp3) is 0.182. The standard InChI is InChI=1S/C11H10N4S/c1-7-6-16-10-4-3-8(5-9(7)10)11-12-14-15(2)13-11/h3-6H,1-2H3. The van der Waals surface area contributed by atoms with E-state index in [2.05, 4.69) is 39.8 Å². The Bertz CT molecular complexity index is 653. The van der Waals surface area contributed by atoms with Crippen molar-refractivity contribution in [3.05, 3.63) is 29.1 Å². The molecule has 0 radical (unpaired) electrons. The average Bonchev–Trinajstić information content (AvgIpc) is 2.86. The van der Waals surface area contributed by atoms with E-state index in [0.29, 0.717) is 5.82 Å². The molecule has 0 atom stereocenters. The number of hydrogen-bond donors (Lipinski definition) is 0. The van der Waals surface area contributed by atoms with E-state index in [1.807, 2.05) is 6.07 Å². The van der Waals surface area contributed by atoms with Crippen LogP contribution in [0.4, 0.5) is 0 Å². The zero-order chi connectivity index (χ0) is 11.1. The summed E-state index contributed by atoms with van der Waals surface area (Å²) in [6.45, 7) is 2.12. The smallest absolute Gasteiger partial charge is 0.167 e. The Morgan fingerprint density at radius 2 is 2.19 bits per heavy atom. The molecule has 16 heavy (non-hydrogen) atoms. The van der Waals surface area contributed by atoms with E-state index in [1.165, 1.54) is 20.4 Å². The molecule has 0 N–H and O–H groups in total.